The van der Waals surface area contributed by atoms with Crippen LogP contribution in [0.5, 0.6) is 0 Å². The van der Waals surface area contributed by atoms with Crippen LogP contribution in [0.2, 0.25) is 5.02 Å². The Balaban J connectivity index is 2.18. The molecule has 0 unspecified atom stereocenters. The Morgan fingerprint density at radius 1 is 1.43 bits per heavy atom. The van der Waals surface area contributed by atoms with Crippen LogP contribution in [0.1, 0.15) is 20.8 Å². The summed E-state index contributed by atoms with van der Waals surface area (Å²) in [6, 6.07) is 7.13. The monoisotopic (exact) mass is 308 g/mol. The van der Waals surface area contributed by atoms with Gasteiger partial charge in [-0.2, -0.15) is 0 Å². The number of carbonyl (C=O) groups is 1. The second kappa shape index (κ2) is 5.65. The first-order chi connectivity index (χ1) is 9.74. The lowest BCUT2D eigenvalue weighted by atomic mass is 10.2. The van der Waals surface area contributed by atoms with Crippen LogP contribution in [0.15, 0.2) is 30.5 Å². The van der Waals surface area contributed by atoms with Crippen molar-refractivity contribution in [1.29, 1.82) is 0 Å². The number of nitrogens with one attached hydrogen (secondary N) is 1. The number of halogens is 1. The fourth-order valence-corrected chi connectivity index (χ4v) is 1.83. The highest BCUT2D eigenvalue weighted by atomic mass is 35.5. The molecule has 2 aromatic rings. The SMILES string of the molecule is CC(C)(C)OC(=O)Nc1cn(-c2cccc(Cl)c2)nc1N. The van der Waals surface area contributed by atoms with Gasteiger partial charge in [-0.05, 0) is 39.0 Å². The lowest BCUT2D eigenvalue weighted by Gasteiger charge is -2.19. The normalized spacial score (nSPS) is 11.2. The number of rotatable bonds is 2. The molecule has 0 aliphatic heterocycles. The summed E-state index contributed by atoms with van der Waals surface area (Å²) in [6.45, 7) is 5.35. The fraction of sp³-hybridized carbons (Fsp3) is 0.286. The van der Waals surface area contributed by atoms with Gasteiger partial charge in [0.05, 0.1) is 11.9 Å². The van der Waals surface area contributed by atoms with E-state index < -0.39 is 11.7 Å². The predicted molar refractivity (Wildman–Crippen MR) is 82.8 cm³/mol. The lowest BCUT2D eigenvalue weighted by molar-refractivity contribution is 0.0636. The summed E-state index contributed by atoms with van der Waals surface area (Å²) in [5.74, 6) is 0.195. The van der Waals surface area contributed by atoms with E-state index in [-0.39, 0.29) is 5.82 Å². The molecule has 2 rings (SSSR count). The van der Waals surface area contributed by atoms with Gasteiger partial charge in [0.15, 0.2) is 5.82 Å². The Hall–Kier alpha value is -2.21. The van der Waals surface area contributed by atoms with Crippen LogP contribution in [0.4, 0.5) is 16.3 Å². The molecule has 7 heteroatoms. The Labute approximate surface area is 127 Å². The van der Waals surface area contributed by atoms with Gasteiger partial charge in [-0.1, -0.05) is 17.7 Å². The molecule has 1 aromatic carbocycles. The van der Waals surface area contributed by atoms with Crippen molar-refractivity contribution < 1.29 is 9.53 Å². The largest absolute Gasteiger partial charge is 0.444 e. The molecule has 6 nitrogen and oxygen atoms in total. The van der Waals surface area contributed by atoms with Crippen LogP contribution < -0.4 is 11.1 Å². The van der Waals surface area contributed by atoms with Crippen LogP contribution in [-0.2, 0) is 4.74 Å². The minimum absolute atomic E-state index is 0.195. The second-order valence-electron chi connectivity index (χ2n) is 5.48. The molecule has 1 aromatic heterocycles. The highest BCUT2D eigenvalue weighted by molar-refractivity contribution is 6.30. The quantitative estimate of drug-likeness (QED) is 0.890. The smallest absolute Gasteiger partial charge is 0.412 e. The zero-order valence-electron chi connectivity index (χ0n) is 12.1. The van der Waals surface area contributed by atoms with Gasteiger partial charge in [-0.15, -0.1) is 5.10 Å². The summed E-state index contributed by atoms with van der Waals surface area (Å²) < 4.78 is 6.70. The second-order valence-corrected chi connectivity index (χ2v) is 5.92. The molecule has 21 heavy (non-hydrogen) atoms. The minimum Gasteiger partial charge on any atom is -0.444 e. The van der Waals surface area contributed by atoms with Crippen molar-refractivity contribution in [3.05, 3.63) is 35.5 Å². The third-order valence-electron chi connectivity index (χ3n) is 2.45. The molecule has 1 heterocycles. The highest BCUT2D eigenvalue weighted by Crippen LogP contribution is 2.21. The number of amides is 1. The highest BCUT2D eigenvalue weighted by Gasteiger charge is 2.18. The maximum absolute atomic E-state index is 11.7. The number of nitrogens with zero attached hydrogens (tertiary/aromatic N) is 2. The van der Waals surface area contributed by atoms with E-state index in [1.165, 1.54) is 4.68 Å². The van der Waals surface area contributed by atoms with E-state index in [0.29, 0.717) is 10.7 Å². The molecule has 1 amide bonds. The molecule has 0 aliphatic carbocycles. The summed E-state index contributed by atoms with van der Waals surface area (Å²) in [4.78, 5) is 11.7. The third-order valence-corrected chi connectivity index (χ3v) is 2.69. The Bertz CT molecular complexity index is 661. The van der Waals surface area contributed by atoms with Gasteiger partial charge in [0, 0.05) is 5.02 Å². The van der Waals surface area contributed by atoms with Crippen molar-refractivity contribution in [2.75, 3.05) is 11.1 Å². The van der Waals surface area contributed by atoms with Crippen molar-refractivity contribution in [2.45, 2.75) is 26.4 Å². The molecule has 0 radical (unpaired) electrons. The van der Waals surface area contributed by atoms with Crippen LogP contribution in [0, 0.1) is 0 Å². The summed E-state index contributed by atoms with van der Waals surface area (Å²) in [5, 5.41) is 7.29. The van der Waals surface area contributed by atoms with E-state index >= 15 is 0 Å². The van der Waals surface area contributed by atoms with Gasteiger partial charge in [-0.3, -0.25) is 5.32 Å². The van der Waals surface area contributed by atoms with Crippen LogP contribution >= 0.6 is 11.6 Å². The van der Waals surface area contributed by atoms with Crippen LogP contribution in [0.25, 0.3) is 5.69 Å². The molecular weight excluding hydrogens is 292 g/mol. The van der Waals surface area contributed by atoms with Crippen molar-refractivity contribution >= 4 is 29.2 Å². The van der Waals surface area contributed by atoms with Crippen LogP contribution in [0.3, 0.4) is 0 Å². The average Bonchev–Trinajstić information content (AvgIpc) is 2.68. The molecule has 112 valence electrons. The van der Waals surface area contributed by atoms with E-state index in [1.807, 2.05) is 6.07 Å². The molecule has 0 fully saturated rings. The van der Waals surface area contributed by atoms with Gasteiger partial charge in [-0.25, -0.2) is 9.48 Å². The number of ether oxygens (including phenoxy) is 1. The lowest BCUT2D eigenvalue weighted by Crippen LogP contribution is -2.27. The number of hydrogen-bond donors (Lipinski definition) is 2. The summed E-state index contributed by atoms with van der Waals surface area (Å²) >= 11 is 5.94. The van der Waals surface area contributed by atoms with Crippen LogP contribution in [-0.4, -0.2) is 21.5 Å². The minimum atomic E-state index is -0.583. The topological polar surface area (TPSA) is 82.2 Å². The van der Waals surface area contributed by atoms with Crippen molar-refractivity contribution in [2.24, 2.45) is 0 Å². The molecule has 0 saturated carbocycles. The van der Waals surface area contributed by atoms with E-state index in [2.05, 4.69) is 10.4 Å². The zero-order valence-corrected chi connectivity index (χ0v) is 12.8. The first kappa shape index (κ1) is 15.2. The van der Waals surface area contributed by atoms with Gasteiger partial charge >= 0.3 is 6.09 Å². The van der Waals surface area contributed by atoms with Crippen molar-refractivity contribution in [1.82, 2.24) is 9.78 Å². The molecular formula is C14H17ClN4O2. The molecule has 3 N–H and O–H groups in total. The van der Waals surface area contributed by atoms with Gasteiger partial charge in [0.2, 0.25) is 0 Å². The van der Waals surface area contributed by atoms with Gasteiger partial charge < -0.3 is 10.5 Å². The van der Waals surface area contributed by atoms with E-state index in [0.717, 1.165) is 5.69 Å². The molecule has 0 bridgehead atoms. The van der Waals surface area contributed by atoms with E-state index in [4.69, 9.17) is 22.1 Å². The Morgan fingerprint density at radius 2 is 2.14 bits per heavy atom. The summed E-state index contributed by atoms with van der Waals surface area (Å²) in [5.41, 5.74) is 6.33. The maximum atomic E-state index is 11.7. The number of benzene rings is 1. The fourth-order valence-electron chi connectivity index (χ4n) is 1.65. The first-order valence-electron chi connectivity index (χ1n) is 6.36. The molecule has 0 spiro atoms. The summed E-state index contributed by atoms with van der Waals surface area (Å²) in [6.07, 6.45) is 1.02. The molecule has 0 aliphatic rings. The van der Waals surface area contributed by atoms with E-state index in [9.17, 15) is 4.79 Å². The van der Waals surface area contributed by atoms with Crippen molar-refractivity contribution in [3.63, 3.8) is 0 Å². The molecule has 0 saturated heterocycles. The summed E-state index contributed by atoms with van der Waals surface area (Å²) in [7, 11) is 0. The number of anilines is 2. The standard InChI is InChI=1S/C14H17ClN4O2/c1-14(2,3)21-13(20)17-11-8-19(18-12(11)16)10-6-4-5-9(15)7-10/h4-8H,1-3H3,(H2,16,18)(H,17,20). The number of hydrogen-bond acceptors (Lipinski definition) is 4. The van der Waals surface area contributed by atoms with Gasteiger partial charge in [0.25, 0.3) is 0 Å². The average molecular weight is 309 g/mol. The Kier molecular flexibility index (Phi) is 4.09. The predicted octanol–water partition coefficient (Wildman–Crippen LogP) is 3.45. The number of carbonyl (C=O) groups excluding carboxylic acids is 1. The first-order valence-corrected chi connectivity index (χ1v) is 6.73. The number of nitrogens with two attached hydrogens (primary N) is 1. The number of nitrogen functional groups attached to an aromatic ring is 1. The van der Waals surface area contributed by atoms with E-state index in [1.54, 1.807) is 45.2 Å². The zero-order chi connectivity index (χ0) is 15.6. The van der Waals surface area contributed by atoms with Gasteiger partial charge in [0.1, 0.15) is 11.3 Å². The Morgan fingerprint density at radius 3 is 2.76 bits per heavy atom. The third kappa shape index (κ3) is 4.13. The number of aromatic nitrogens is 2. The van der Waals surface area contributed by atoms with Crippen molar-refractivity contribution in [3.8, 4) is 5.69 Å². The maximum Gasteiger partial charge on any atom is 0.412 e. The molecule has 0 atom stereocenters.